The Bertz CT molecular complexity index is 843. The molecule has 0 nitrogen and oxygen atoms in total. The maximum atomic E-state index is 2.39. The van der Waals surface area contributed by atoms with Crippen molar-refractivity contribution in [2.24, 2.45) is 11.8 Å². The van der Waals surface area contributed by atoms with Crippen LogP contribution in [0, 0.1) is 11.8 Å². The molecule has 3 aromatic carbocycles. The van der Waals surface area contributed by atoms with Crippen molar-refractivity contribution < 1.29 is 0 Å². The van der Waals surface area contributed by atoms with Gasteiger partial charge in [-0.2, -0.15) is 0 Å². The summed E-state index contributed by atoms with van der Waals surface area (Å²) in [5.41, 5.74) is 3.31. The summed E-state index contributed by atoms with van der Waals surface area (Å²) in [5.74, 6) is 1.59. The molecule has 0 aliphatic carbocycles. The molecule has 0 saturated carbocycles. The Balaban J connectivity index is 0. The van der Waals surface area contributed by atoms with Gasteiger partial charge in [-0.15, -0.1) is 0 Å². The van der Waals surface area contributed by atoms with Gasteiger partial charge in [0, 0.05) is 0 Å². The molecule has 0 aliphatic heterocycles. The second-order valence-electron chi connectivity index (χ2n) is 9.29. The third-order valence-corrected chi connectivity index (χ3v) is 7.23. The number of hydrogen-bond donors (Lipinski definition) is 0. The van der Waals surface area contributed by atoms with Crippen LogP contribution in [0.3, 0.4) is 0 Å². The van der Waals surface area contributed by atoms with Crippen molar-refractivity contribution in [3.8, 4) is 0 Å². The average Bonchev–Trinajstić information content (AvgIpc) is 2.80. The molecular weight excluding hydrogens is 408 g/mol. The second kappa shape index (κ2) is 17.6. The van der Waals surface area contributed by atoms with E-state index in [1.54, 1.807) is 11.1 Å². The fourth-order valence-electron chi connectivity index (χ4n) is 5.22. The lowest BCUT2D eigenvalue weighted by molar-refractivity contribution is 0.436. The zero-order valence-electron chi connectivity index (χ0n) is 19.8. The minimum absolute atomic E-state index is 0. The first-order valence-corrected chi connectivity index (χ1v) is 12.6. The molecule has 0 aliphatic rings. The first-order valence-electron chi connectivity index (χ1n) is 12.6. The Morgan fingerprint density at radius 2 is 0.824 bits per heavy atom. The molecule has 2 unspecified atom stereocenters. The molecule has 0 fully saturated rings. The summed E-state index contributed by atoms with van der Waals surface area (Å²) < 4.78 is 0. The molecule has 0 spiro atoms. The summed E-state index contributed by atoms with van der Waals surface area (Å²) in [6.45, 7) is 9.42. The van der Waals surface area contributed by atoms with E-state index in [2.05, 4.69) is 76.2 Å². The molecular formula is C34H58. The van der Waals surface area contributed by atoms with Crippen LogP contribution < -0.4 is 0 Å². The predicted molar refractivity (Wildman–Crippen MR) is 162 cm³/mol. The average molecular weight is 467 g/mol. The van der Waals surface area contributed by atoms with E-state index in [9.17, 15) is 0 Å². The molecule has 0 bridgehead atoms. The van der Waals surface area contributed by atoms with Crippen molar-refractivity contribution in [1.29, 1.82) is 0 Å². The Labute approximate surface area is 214 Å². The molecule has 0 heterocycles. The maximum absolute atomic E-state index is 2.39. The predicted octanol–water partition coefficient (Wildman–Crippen LogP) is 12.1. The van der Waals surface area contributed by atoms with E-state index in [4.69, 9.17) is 0 Å². The second-order valence-corrected chi connectivity index (χ2v) is 9.29. The fraction of sp³-hybridized carbons (Fsp3) is 0.588. The normalized spacial score (nSPS) is 12.1. The van der Waals surface area contributed by atoms with E-state index in [0.29, 0.717) is 0 Å². The van der Waals surface area contributed by atoms with Crippen LogP contribution in [0.15, 0.2) is 48.5 Å². The first-order chi connectivity index (χ1) is 14.7. The monoisotopic (exact) mass is 466 g/mol. The van der Waals surface area contributed by atoms with Crippen LogP contribution in [0.2, 0.25) is 0 Å². The highest BCUT2D eigenvalue weighted by Gasteiger charge is 2.19. The number of hydrogen-bond acceptors (Lipinski definition) is 0. The van der Waals surface area contributed by atoms with Crippen LogP contribution in [0.4, 0.5) is 0 Å². The number of unbranched alkanes of at least 4 members (excludes halogenated alkanes) is 2. The van der Waals surface area contributed by atoms with Crippen molar-refractivity contribution in [3.63, 3.8) is 0 Å². The van der Waals surface area contributed by atoms with E-state index >= 15 is 0 Å². The molecule has 3 rings (SSSR count). The zero-order chi connectivity index (χ0) is 21.3. The van der Waals surface area contributed by atoms with E-state index in [0.717, 1.165) is 11.8 Å². The topological polar surface area (TPSA) is 0 Å². The van der Waals surface area contributed by atoms with Crippen molar-refractivity contribution >= 4 is 21.5 Å². The largest absolute Gasteiger partial charge is 0.0776 e. The van der Waals surface area contributed by atoms with E-state index in [1.807, 2.05) is 0 Å². The van der Waals surface area contributed by atoms with E-state index < -0.39 is 0 Å². The minimum Gasteiger partial charge on any atom is -0.0776 e. The van der Waals surface area contributed by atoms with Gasteiger partial charge in [-0.25, -0.2) is 0 Å². The van der Waals surface area contributed by atoms with E-state index in [1.165, 1.54) is 85.8 Å². The maximum Gasteiger partial charge on any atom is -0.0102 e. The van der Waals surface area contributed by atoms with Crippen LogP contribution in [0.25, 0.3) is 21.5 Å². The minimum atomic E-state index is 0. The molecule has 34 heavy (non-hydrogen) atoms. The molecule has 2 atom stereocenters. The lowest BCUT2D eigenvalue weighted by Crippen LogP contribution is -2.11. The van der Waals surface area contributed by atoms with Crippen LogP contribution in [0.5, 0.6) is 0 Å². The third kappa shape index (κ3) is 8.14. The standard InChI is InChI=1S/C30H42.4CH4/c1-5-9-15-23(7-3)21-29-27-19-13-11-17-25(27)26-18-12-14-20-28(26)30(29)22-24(8-4)16-10-6-2;;;;/h11-14,17-20,23-24H,5-10,15-16,21-22H2,1-4H3;4*1H4. The summed E-state index contributed by atoms with van der Waals surface area (Å²) in [7, 11) is 0. The van der Waals surface area contributed by atoms with Gasteiger partial charge in [0.15, 0.2) is 0 Å². The summed E-state index contributed by atoms with van der Waals surface area (Å²) in [6.07, 6.45) is 13.1. The summed E-state index contributed by atoms with van der Waals surface area (Å²) in [6, 6.07) is 18.4. The van der Waals surface area contributed by atoms with Crippen molar-refractivity contribution in [3.05, 3.63) is 59.7 Å². The molecule has 0 heteroatoms. The van der Waals surface area contributed by atoms with Crippen molar-refractivity contribution in [2.45, 2.75) is 122 Å². The smallest absolute Gasteiger partial charge is 0.0102 e. The lowest BCUT2D eigenvalue weighted by Gasteiger charge is -2.24. The zero-order valence-corrected chi connectivity index (χ0v) is 19.8. The molecule has 194 valence electrons. The molecule has 0 aromatic heterocycles. The van der Waals surface area contributed by atoms with Crippen LogP contribution in [0.1, 0.15) is 120 Å². The van der Waals surface area contributed by atoms with Gasteiger partial charge in [0.05, 0.1) is 0 Å². The summed E-state index contributed by atoms with van der Waals surface area (Å²) >= 11 is 0. The van der Waals surface area contributed by atoms with Crippen molar-refractivity contribution in [1.82, 2.24) is 0 Å². The Morgan fingerprint density at radius 3 is 1.12 bits per heavy atom. The SMILES string of the molecule is C.C.C.C.CCCCC(CC)Cc1c(CC(CC)CCCC)c2ccccc2c2ccccc12. The van der Waals surface area contributed by atoms with Gasteiger partial charge in [0.1, 0.15) is 0 Å². The highest BCUT2D eigenvalue weighted by atomic mass is 14.2. The quantitative estimate of drug-likeness (QED) is 0.233. The molecule has 0 radical (unpaired) electrons. The van der Waals surface area contributed by atoms with Crippen LogP contribution in [-0.4, -0.2) is 0 Å². The van der Waals surface area contributed by atoms with Gasteiger partial charge < -0.3 is 0 Å². The Morgan fingerprint density at radius 1 is 0.500 bits per heavy atom. The van der Waals surface area contributed by atoms with Crippen LogP contribution in [-0.2, 0) is 12.8 Å². The number of fused-ring (bicyclic) bond motifs is 3. The fourth-order valence-corrected chi connectivity index (χ4v) is 5.22. The lowest BCUT2D eigenvalue weighted by atomic mass is 9.80. The third-order valence-electron chi connectivity index (χ3n) is 7.23. The molecule has 0 saturated heterocycles. The van der Waals surface area contributed by atoms with Gasteiger partial charge in [-0.1, -0.05) is 157 Å². The molecule has 3 aromatic rings. The van der Waals surface area contributed by atoms with Gasteiger partial charge in [0.2, 0.25) is 0 Å². The van der Waals surface area contributed by atoms with Gasteiger partial charge in [0.25, 0.3) is 0 Å². The summed E-state index contributed by atoms with van der Waals surface area (Å²) in [5, 5.41) is 5.90. The van der Waals surface area contributed by atoms with Gasteiger partial charge in [-0.3, -0.25) is 0 Å². The highest BCUT2D eigenvalue weighted by Crippen LogP contribution is 2.37. The van der Waals surface area contributed by atoms with Gasteiger partial charge in [-0.05, 0) is 57.3 Å². The molecule has 0 N–H and O–H groups in total. The molecule has 0 amide bonds. The summed E-state index contributed by atoms with van der Waals surface area (Å²) in [4.78, 5) is 0. The van der Waals surface area contributed by atoms with Crippen LogP contribution >= 0.6 is 0 Å². The van der Waals surface area contributed by atoms with Gasteiger partial charge >= 0.3 is 0 Å². The Kier molecular flexibility index (Phi) is 17.8. The van der Waals surface area contributed by atoms with E-state index in [-0.39, 0.29) is 29.7 Å². The Hall–Kier alpha value is -1.82. The highest BCUT2D eigenvalue weighted by molar-refractivity contribution is 6.10. The van der Waals surface area contributed by atoms with Crippen molar-refractivity contribution in [2.75, 3.05) is 0 Å². The number of benzene rings is 3. The first kappa shape index (κ1) is 34.3. The number of rotatable bonds is 12.